The Hall–Kier alpha value is -1.24. The molecular formula is C12H12ClN3OS2. The first-order valence-corrected chi connectivity index (χ1v) is 7.11. The molecule has 0 atom stereocenters. The minimum Gasteiger partial charge on any atom is -0.282 e. The predicted octanol–water partition coefficient (Wildman–Crippen LogP) is 4.30. The second kappa shape index (κ2) is 5.81. The van der Waals surface area contributed by atoms with Crippen molar-refractivity contribution < 1.29 is 4.79 Å². The summed E-state index contributed by atoms with van der Waals surface area (Å²) in [5, 5.41) is 5.64. The van der Waals surface area contributed by atoms with E-state index in [0.29, 0.717) is 15.8 Å². The van der Waals surface area contributed by atoms with Gasteiger partial charge in [-0.3, -0.25) is 5.32 Å². The predicted molar refractivity (Wildman–Crippen MR) is 83.5 cm³/mol. The summed E-state index contributed by atoms with van der Waals surface area (Å²) in [4.78, 5) is 16.2. The van der Waals surface area contributed by atoms with Gasteiger partial charge >= 0.3 is 6.03 Å². The molecule has 0 saturated heterocycles. The lowest BCUT2D eigenvalue weighted by Crippen LogP contribution is -2.27. The monoisotopic (exact) mass is 313 g/mol. The number of thiol groups is 1. The molecule has 1 aromatic carbocycles. The number of benzene rings is 1. The molecule has 0 aliphatic carbocycles. The van der Waals surface area contributed by atoms with E-state index in [1.54, 1.807) is 12.1 Å². The molecule has 19 heavy (non-hydrogen) atoms. The maximum atomic E-state index is 12.0. The summed E-state index contributed by atoms with van der Waals surface area (Å²) in [6, 6.07) is 4.92. The third-order valence-electron chi connectivity index (χ3n) is 2.42. The molecule has 0 aliphatic heterocycles. The standard InChI is InChI=1S/C12H12ClN3OS2/c1-7-3-4-9(13)5-10(7)16(18)12(17)15-11-14-8(2)6-19-11/h3-6,18H,1-2H3,(H,14,15,17). The van der Waals surface area contributed by atoms with Gasteiger partial charge < -0.3 is 0 Å². The van der Waals surface area contributed by atoms with Crippen LogP contribution in [0.15, 0.2) is 23.6 Å². The summed E-state index contributed by atoms with van der Waals surface area (Å²) in [7, 11) is 0. The molecule has 1 aromatic heterocycles. The van der Waals surface area contributed by atoms with Gasteiger partial charge in [0.25, 0.3) is 0 Å². The molecular weight excluding hydrogens is 302 g/mol. The lowest BCUT2D eigenvalue weighted by molar-refractivity contribution is 0.260. The van der Waals surface area contributed by atoms with Gasteiger partial charge in [-0.05, 0) is 31.5 Å². The number of carbonyl (C=O) groups excluding carboxylic acids is 1. The molecule has 0 bridgehead atoms. The number of hydrogen-bond acceptors (Lipinski definition) is 4. The van der Waals surface area contributed by atoms with Crippen molar-refractivity contribution in [2.75, 3.05) is 9.62 Å². The van der Waals surface area contributed by atoms with E-state index in [0.717, 1.165) is 11.3 Å². The van der Waals surface area contributed by atoms with Crippen molar-refractivity contribution in [3.63, 3.8) is 0 Å². The number of aromatic nitrogens is 1. The number of anilines is 2. The fourth-order valence-electron chi connectivity index (χ4n) is 1.48. The van der Waals surface area contributed by atoms with Crippen LogP contribution in [0.3, 0.4) is 0 Å². The third-order valence-corrected chi connectivity index (χ3v) is 3.93. The molecule has 0 fully saturated rings. The van der Waals surface area contributed by atoms with Crippen LogP contribution >= 0.6 is 35.8 Å². The first-order chi connectivity index (χ1) is 8.97. The van der Waals surface area contributed by atoms with Crippen LogP contribution in [0.4, 0.5) is 15.6 Å². The van der Waals surface area contributed by atoms with Crippen LogP contribution in [0.25, 0.3) is 0 Å². The van der Waals surface area contributed by atoms with Crippen LogP contribution in [-0.2, 0) is 0 Å². The lowest BCUT2D eigenvalue weighted by Gasteiger charge is -2.18. The van der Waals surface area contributed by atoms with Gasteiger partial charge in [0.1, 0.15) is 0 Å². The number of carbonyl (C=O) groups is 1. The minimum absolute atomic E-state index is 0.372. The quantitative estimate of drug-likeness (QED) is 0.812. The molecule has 0 spiro atoms. The van der Waals surface area contributed by atoms with E-state index >= 15 is 0 Å². The molecule has 2 aromatic rings. The van der Waals surface area contributed by atoms with E-state index < -0.39 is 0 Å². The van der Waals surface area contributed by atoms with Crippen molar-refractivity contribution >= 4 is 52.6 Å². The number of aryl methyl sites for hydroxylation is 2. The molecule has 0 aliphatic rings. The number of amides is 2. The Kier molecular flexibility index (Phi) is 4.34. The Labute approximate surface area is 126 Å². The summed E-state index contributed by atoms with van der Waals surface area (Å²) >= 11 is 11.5. The van der Waals surface area contributed by atoms with Crippen LogP contribution in [0.5, 0.6) is 0 Å². The van der Waals surface area contributed by atoms with Gasteiger partial charge in [0.15, 0.2) is 5.13 Å². The van der Waals surface area contributed by atoms with Crippen molar-refractivity contribution in [3.05, 3.63) is 39.9 Å². The number of rotatable bonds is 2. The maximum absolute atomic E-state index is 12.0. The zero-order valence-corrected chi connectivity index (χ0v) is 12.8. The Bertz CT molecular complexity index is 615. The average molecular weight is 314 g/mol. The van der Waals surface area contributed by atoms with Gasteiger partial charge in [0.2, 0.25) is 0 Å². The number of hydrogen-bond donors (Lipinski definition) is 2. The smallest absolute Gasteiger partial charge is 0.282 e. The summed E-state index contributed by atoms with van der Waals surface area (Å²) < 4.78 is 1.22. The number of nitrogens with one attached hydrogen (secondary N) is 1. The molecule has 7 heteroatoms. The fraction of sp³-hybridized carbons (Fsp3) is 0.167. The zero-order chi connectivity index (χ0) is 14.0. The number of nitrogens with zero attached hydrogens (tertiary/aromatic N) is 2. The Morgan fingerprint density at radius 3 is 2.84 bits per heavy atom. The highest BCUT2D eigenvalue weighted by Crippen LogP contribution is 2.26. The first-order valence-electron chi connectivity index (χ1n) is 5.45. The zero-order valence-electron chi connectivity index (χ0n) is 10.3. The second-order valence-corrected chi connectivity index (χ2v) is 5.66. The Morgan fingerprint density at radius 2 is 2.21 bits per heavy atom. The highest BCUT2D eigenvalue weighted by molar-refractivity contribution is 7.82. The van der Waals surface area contributed by atoms with Crippen LogP contribution < -0.4 is 9.62 Å². The summed E-state index contributed by atoms with van der Waals surface area (Å²) in [5.41, 5.74) is 2.41. The number of urea groups is 1. The highest BCUT2D eigenvalue weighted by atomic mass is 35.5. The lowest BCUT2D eigenvalue weighted by atomic mass is 10.2. The van der Waals surface area contributed by atoms with Crippen molar-refractivity contribution in [1.82, 2.24) is 4.98 Å². The van der Waals surface area contributed by atoms with Crippen molar-refractivity contribution in [2.45, 2.75) is 13.8 Å². The second-order valence-electron chi connectivity index (χ2n) is 3.97. The molecule has 100 valence electrons. The number of thiazole rings is 1. The first kappa shape index (κ1) is 14.2. The molecule has 0 radical (unpaired) electrons. The van der Waals surface area contributed by atoms with E-state index in [9.17, 15) is 4.79 Å². The van der Waals surface area contributed by atoms with Crippen molar-refractivity contribution in [2.24, 2.45) is 0 Å². The van der Waals surface area contributed by atoms with E-state index in [4.69, 9.17) is 11.6 Å². The van der Waals surface area contributed by atoms with Gasteiger partial charge in [-0.15, -0.1) is 11.3 Å². The van der Waals surface area contributed by atoms with Gasteiger partial charge in [-0.2, -0.15) is 0 Å². The highest BCUT2D eigenvalue weighted by Gasteiger charge is 2.15. The minimum atomic E-state index is -0.372. The van der Waals surface area contributed by atoms with E-state index in [1.165, 1.54) is 15.6 Å². The third kappa shape index (κ3) is 3.40. The van der Waals surface area contributed by atoms with Crippen molar-refractivity contribution in [3.8, 4) is 0 Å². The molecule has 1 N–H and O–H groups in total. The molecule has 1 heterocycles. The largest absolute Gasteiger partial charge is 0.338 e. The van der Waals surface area contributed by atoms with E-state index in [-0.39, 0.29) is 6.03 Å². The average Bonchev–Trinajstić information content (AvgIpc) is 2.77. The maximum Gasteiger partial charge on any atom is 0.338 e. The van der Waals surface area contributed by atoms with Crippen LogP contribution in [0, 0.1) is 13.8 Å². The summed E-state index contributed by atoms with van der Waals surface area (Å²) in [6.45, 7) is 3.75. The number of halogens is 1. The molecule has 4 nitrogen and oxygen atoms in total. The Balaban J connectivity index is 2.16. The van der Waals surface area contributed by atoms with Crippen LogP contribution in [0.2, 0.25) is 5.02 Å². The SMILES string of the molecule is Cc1csc(NC(=O)N(S)c2cc(Cl)ccc2C)n1. The van der Waals surface area contributed by atoms with Crippen molar-refractivity contribution in [1.29, 1.82) is 0 Å². The van der Waals surface area contributed by atoms with Gasteiger partial charge in [-0.25, -0.2) is 14.1 Å². The molecule has 2 amide bonds. The fourth-order valence-corrected chi connectivity index (χ4v) is 2.59. The molecule has 2 rings (SSSR count). The Morgan fingerprint density at radius 1 is 1.47 bits per heavy atom. The van der Waals surface area contributed by atoms with E-state index in [1.807, 2.05) is 25.3 Å². The van der Waals surface area contributed by atoms with E-state index in [2.05, 4.69) is 23.1 Å². The summed E-state index contributed by atoms with van der Waals surface area (Å²) in [5.74, 6) is 0. The normalized spacial score (nSPS) is 10.3. The molecule has 0 unspecified atom stereocenters. The van der Waals surface area contributed by atoms with Gasteiger partial charge in [-0.1, -0.05) is 30.5 Å². The van der Waals surface area contributed by atoms with Gasteiger partial charge in [0, 0.05) is 10.4 Å². The van der Waals surface area contributed by atoms with Crippen LogP contribution in [0.1, 0.15) is 11.3 Å². The molecule has 0 saturated carbocycles. The van der Waals surface area contributed by atoms with Crippen LogP contribution in [-0.4, -0.2) is 11.0 Å². The van der Waals surface area contributed by atoms with Gasteiger partial charge in [0.05, 0.1) is 11.4 Å². The topological polar surface area (TPSA) is 45.2 Å². The summed E-state index contributed by atoms with van der Waals surface area (Å²) in [6.07, 6.45) is 0.